The number of anilines is 1. The second-order valence-corrected chi connectivity index (χ2v) is 10.4. The number of nitrogens with two attached hydrogens (primary N) is 1. The summed E-state index contributed by atoms with van der Waals surface area (Å²) in [4.78, 5) is 25.4. The van der Waals surface area contributed by atoms with Crippen molar-refractivity contribution in [3.8, 4) is 5.88 Å². The monoisotopic (exact) mass is 464 g/mol. The van der Waals surface area contributed by atoms with E-state index in [9.17, 15) is 13.9 Å². The quantitative estimate of drug-likeness (QED) is 0.540. The normalized spacial score (nSPS) is 24.0. The number of nitrogens with zero attached hydrogens (tertiary/aromatic N) is 4. The zero-order chi connectivity index (χ0) is 23.5. The number of guanidine groups is 1. The molecule has 1 fully saturated rings. The van der Waals surface area contributed by atoms with Gasteiger partial charge in [-0.2, -0.15) is 0 Å². The van der Waals surface area contributed by atoms with Crippen molar-refractivity contribution in [3.05, 3.63) is 47.2 Å². The predicted molar refractivity (Wildman–Crippen MR) is 119 cm³/mol. The molecule has 2 heterocycles. The zero-order valence-corrected chi connectivity index (χ0v) is 18.9. The van der Waals surface area contributed by atoms with Crippen LogP contribution in [0, 0.1) is 12.7 Å². The minimum absolute atomic E-state index is 0.0944. The van der Waals surface area contributed by atoms with Crippen LogP contribution in [0.4, 0.5) is 10.1 Å². The number of aromatic nitrogens is 2. The van der Waals surface area contributed by atoms with Crippen LogP contribution in [0.5, 0.6) is 5.88 Å². The molecule has 0 unspecified atom stereocenters. The highest BCUT2D eigenvalue weighted by molar-refractivity contribution is 8.24. The van der Waals surface area contributed by atoms with Gasteiger partial charge in [0.05, 0.1) is 19.0 Å². The number of nitrogens with one attached hydrogen (secondary N) is 1. The van der Waals surface area contributed by atoms with Gasteiger partial charge in [0, 0.05) is 18.3 Å². The van der Waals surface area contributed by atoms with E-state index in [1.54, 1.807) is 13.8 Å². The summed E-state index contributed by atoms with van der Waals surface area (Å²) < 4.78 is 42.0. The van der Waals surface area contributed by atoms with E-state index in [-0.39, 0.29) is 23.1 Å². The average molecular weight is 465 g/mol. The first-order valence-electron chi connectivity index (χ1n) is 9.83. The van der Waals surface area contributed by atoms with E-state index in [0.29, 0.717) is 24.2 Å². The number of carbonyl (C=O) groups excluding carboxylic acids is 1. The van der Waals surface area contributed by atoms with Crippen LogP contribution >= 0.6 is 10.8 Å². The van der Waals surface area contributed by atoms with Crippen LogP contribution in [0.15, 0.2) is 29.4 Å². The standard InChI is InChI=1S/C20H25FN6O4S/c1-11-16(23-10-15(24-11)31-4)17(28)25-12-5-6-14(21)13(9-12)19(2)20(7-8-20)32(29,30)27(3)18(22)26-19/h5-6,9-10,29-30H,7-8H2,1-4H3,(H2,22,26)(H,25,28)/t19-/m1/s1. The van der Waals surface area contributed by atoms with Gasteiger partial charge < -0.3 is 15.8 Å². The number of amides is 1. The van der Waals surface area contributed by atoms with Crippen molar-refractivity contribution in [3.63, 3.8) is 0 Å². The highest BCUT2D eigenvalue weighted by Gasteiger charge is 2.70. The smallest absolute Gasteiger partial charge is 0.276 e. The van der Waals surface area contributed by atoms with E-state index in [0.717, 1.165) is 4.31 Å². The Morgan fingerprint density at radius 2 is 2.06 bits per heavy atom. The summed E-state index contributed by atoms with van der Waals surface area (Å²) in [6, 6.07) is 4.05. The van der Waals surface area contributed by atoms with Gasteiger partial charge in [-0.3, -0.25) is 13.9 Å². The number of ether oxygens (including phenoxy) is 1. The summed E-state index contributed by atoms with van der Waals surface area (Å²) in [5.41, 5.74) is 5.50. The largest absolute Gasteiger partial charge is 0.480 e. The molecule has 1 saturated carbocycles. The summed E-state index contributed by atoms with van der Waals surface area (Å²) >= 11 is 0. The fourth-order valence-electron chi connectivity index (χ4n) is 4.19. The van der Waals surface area contributed by atoms with Gasteiger partial charge in [-0.1, -0.05) is 0 Å². The third-order valence-electron chi connectivity index (χ3n) is 6.26. The van der Waals surface area contributed by atoms with Gasteiger partial charge in [0.1, 0.15) is 21.8 Å². The van der Waals surface area contributed by atoms with Crippen LogP contribution in [0.2, 0.25) is 0 Å². The Labute approximate surface area is 186 Å². The van der Waals surface area contributed by atoms with Crippen molar-refractivity contribution in [2.45, 2.75) is 37.0 Å². The first-order valence-corrected chi connectivity index (χ1v) is 11.3. The minimum atomic E-state index is -3.35. The van der Waals surface area contributed by atoms with E-state index in [2.05, 4.69) is 20.3 Å². The Hall–Kier alpha value is -2.96. The van der Waals surface area contributed by atoms with Crippen LogP contribution in [-0.2, 0) is 5.54 Å². The van der Waals surface area contributed by atoms with Crippen molar-refractivity contribution in [1.82, 2.24) is 14.3 Å². The number of methoxy groups -OCH3 is 1. The first kappa shape index (κ1) is 22.2. The van der Waals surface area contributed by atoms with E-state index in [1.165, 1.54) is 38.6 Å². The Kier molecular flexibility index (Phi) is 5.07. The fraction of sp³-hybridized carbons (Fsp3) is 0.400. The molecule has 1 aliphatic carbocycles. The van der Waals surface area contributed by atoms with Gasteiger partial charge >= 0.3 is 0 Å². The molecule has 172 valence electrons. The Morgan fingerprint density at radius 3 is 2.66 bits per heavy atom. The summed E-state index contributed by atoms with van der Waals surface area (Å²) in [7, 11) is -0.442. The van der Waals surface area contributed by atoms with Gasteiger partial charge in [0.25, 0.3) is 5.91 Å². The molecule has 4 rings (SSSR count). The summed E-state index contributed by atoms with van der Waals surface area (Å²) in [5, 5.41) is 2.69. The van der Waals surface area contributed by atoms with Gasteiger partial charge in [-0.05, 0) is 44.9 Å². The molecule has 5 N–H and O–H groups in total. The number of benzene rings is 1. The number of hydrogen-bond acceptors (Lipinski definition) is 9. The van der Waals surface area contributed by atoms with Crippen LogP contribution in [-0.4, -0.2) is 54.1 Å². The molecular formula is C20H25FN6O4S. The number of aliphatic imine (C=N–C) groups is 1. The highest BCUT2D eigenvalue weighted by atomic mass is 32.3. The summed E-state index contributed by atoms with van der Waals surface area (Å²) in [6.45, 7) is 3.26. The second-order valence-electron chi connectivity index (χ2n) is 8.05. The molecule has 12 heteroatoms. The Bertz CT molecular complexity index is 1140. The lowest BCUT2D eigenvalue weighted by molar-refractivity contribution is 0.102. The summed E-state index contributed by atoms with van der Waals surface area (Å²) in [6.07, 6.45) is 2.23. The molecule has 1 aromatic heterocycles. The molecule has 32 heavy (non-hydrogen) atoms. The maximum Gasteiger partial charge on any atom is 0.276 e. The second kappa shape index (κ2) is 7.29. The van der Waals surface area contributed by atoms with Gasteiger partial charge in [-0.15, -0.1) is 10.8 Å². The lowest BCUT2D eigenvalue weighted by Crippen LogP contribution is -2.55. The third kappa shape index (κ3) is 3.09. The minimum Gasteiger partial charge on any atom is -0.480 e. The molecule has 0 radical (unpaired) electrons. The lowest BCUT2D eigenvalue weighted by atomic mass is 9.86. The van der Waals surface area contributed by atoms with Gasteiger partial charge in [0.2, 0.25) is 11.8 Å². The zero-order valence-electron chi connectivity index (χ0n) is 18.1. The van der Waals surface area contributed by atoms with Crippen LogP contribution < -0.4 is 15.8 Å². The van der Waals surface area contributed by atoms with Crippen LogP contribution in [0.3, 0.4) is 0 Å². The summed E-state index contributed by atoms with van der Waals surface area (Å²) in [5.74, 6) is -0.934. The van der Waals surface area contributed by atoms with Gasteiger partial charge in [-0.25, -0.2) is 23.7 Å². The van der Waals surface area contributed by atoms with E-state index < -0.39 is 32.8 Å². The number of carbonyl (C=O) groups is 1. The van der Waals surface area contributed by atoms with Crippen molar-refractivity contribution < 1.29 is 23.0 Å². The van der Waals surface area contributed by atoms with Crippen molar-refractivity contribution in [2.75, 3.05) is 19.5 Å². The van der Waals surface area contributed by atoms with Crippen LogP contribution in [0.25, 0.3) is 0 Å². The number of aryl methyl sites for hydroxylation is 1. The molecule has 0 bridgehead atoms. The average Bonchev–Trinajstić information content (AvgIpc) is 3.56. The van der Waals surface area contributed by atoms with E-state index >= 15 is 4.39 Å². The molecule has 1 amide bonds. The SMILES string of the molecule is COc1cnc(C(=O)Nc2ccc(F)c([C@@]3(C)N=C(N)N(C)S(O)(O)C34CC4)c2)c(C)n1. The third-order valence-corrected chi connectivity index (χ3v) is 9.06. The number of hydrogen-bond donors (Lipinski definition) is 4. The Balaban J connectivity index is 1.72. The number of rotatable bonds is 4. The molecule has 2 aromatic rings. The molecular weight excluding hydrogens is 439 g/mol. The molecule has 10 nitrogen and oxygen atoms in total. The topological polar surface area (TPSA) is 146 Å². The first-order chi connectivity index (χ1) is 15.0. The maximum absolute atomic E-state index is 15.0. The van der Waals surface area contributed by atoms with E-state index in [4.69, 9.17) is 10.5 Å². The molecule has 1 aromatic carbocycles. The number of halogens is 1. The van der Waals surface area contributed by atoms with Gasteiger partial charge in [0.15, 0.2) is 0 Å². The molecule has 1 spiro atoms. The Morgan fingerprint density at radius 1 is 1.38 bits per heavy atom. The molecule has 1 aliphatic heterocycles. The molecule has 2 aliphatic rings. The highest BCUT2D eigenvalue weighted by Crippen LogP contribution is 2.76. The molecule has 1 atom stereocenters. The van der Waals surface area contributed by atoms with Crippen molar-refractivity contribution in [2.24, 2.45) is 10.7 Å². The van der Waals surface area contributed by atoms with Crippen LogP contribution in [0.1, 0.15) is 41.5 Å². The van der Waals surface area contributed by atoms with Crippen molar-refractivity contribution in [1.29, 1.82) is 0 Å². The fourth-order valence-corrected chi connectivity index (χ4v) is 6.35. The van der Waals surface area contributed by atoms with E-state index in [1.807, 2.05) is 0 Å². The lowest BCUT2D eigenvalue weighted by Gasteiger charge is -2.56. The predicted octanol–water partition coefficient (Wildman–Crippen LogP) is 2.86. The van der Waals surface area contributed by atoms with Crippen molar-refractivity contribution >= 4 is 28.3 Å². The maximum atomic E-state index is 15.0. The molecule has 0 saturated heterocycles.